The molecule has 0 aliphatic carbocycles. The molecule has 1 amide bonds. The summed E-state index contributed by atoms with van der Waals surface area (Å²) in [5.74, 6) is -1.44. The van der Waals surface area contributed by atoms with Gasteiger partial charge >= 0.3 is 5.69 Å². The number of rotatable bonds is 5. The molecule has 0 saturated carbocycles. The highest BCUT2D eigenvalue weighted by atomic mass is 32.1. The maximum atomic E-state index is 12.6. The molecular formula is C19H16N4O4S. The minimum absolute atomic E-state index is 0.0220. The number of nitrogens with one attached hydrogen (secondary N) is 3. The molecular weight excluding hydrogens is 380 g/mol. The Kier molecular flexibility index (Phi) is 4.44. The number of hydrogen-bond donors (Lipinski definition) is 3. The number of carbonyl (C=O) groups is 2. The molecule has 4 aromatic rings. The second-order valence-electron chi connectivity index (χ2n) is 6.31. The Labute approximate surface area is 161 Å². The van der Waals surface area contributed by atoms with Crippen molar-refractivity contribution in [2.24, 2.45) is 0 Å². The molecule has 1 aromatic carbocycles. The fourth-order valence-corrected chi connectivity index (χ4v) is 4.02. The maximum absolute atomic E-state index is 12.6. The van der Waals surface area contributed by atoms with Crippen LogP contribution in [-0.4, -0.2) is 32.8 Å². The summed E-state index contributed by atoms with van der Waals surface area (Å²) < 4.78 is 1.46. The van der Waals surface area contributed by atoms with Crippen molar-refractivity contribution in [3.63, 3.8) is 0 Å². The van der Waals surface area contributed by atoms with Crippen molar-refractivity contribution < 1.29 is 9.59 Å². The van der Waals surface area contributed by atoms with Crippen LogP contribution in [0, 0.1) is 6.92 Å². The summed E-state index contributed by atoms with van der Waals surface area (Å²) in [5.41, 5.74) is 1.23. The second-order valence-corrected chi connectivity index (χ2v) is 7.22. The average Bonchev–Trinajstić information content (AvgIpc) is 3.26. The summed E-state index contributed by atoms with van der Waals surface area (Å²) in [7, 11) is 0. The lowest BCUT2D eigenvalue weighted by Gasteiger charge is -2.07. The van der Waals surface area contributed by atoms with Crippen LogP contribution in [-0.2, 0) is 11.3 Å². The molecule has 3 aromatic heterocycles. The van der Waals surface area contributed by atoms with E-state index in [1.165, 1.54) is 11.3 Å². The number of aromatic nitrogens is 3. The highest BCUT2D eigenvalue weighted by Crippen LogP contribution is 2.22. The normalized spacial score (nSPS) is 11.2. The fourth-order valence-electron chi connectivity index (χ4n) is 3.22. The SMILES string of the molecule is Cc1[nH]c2ccccc2c1C(=O)C(=O)NCCn1c(=O)[nH]c2ccsc2c1=O. The van der Waals surface area contributed by atoms with Crippen LogP contribution in [0.5, 0.6) is 0 Å². The van der Waals surface area contributed by atoms with Crippen LogP contribution in [0.25, 0.3) is 21.1 Å². The van der Waals surface area contributed by atoms with E-state index in [1.54, 1.807) is 30.5 Å². The van der Waals surface area contributed by atoms with Gasteiger partial charge < -0.3 is 15.3 Å². The Balaban J connectivity index is 1.51. The van der Waals surface area contributed by atoms with E-state index in [1.807, 2.05) is 12.1 Å². The summed E-state index contributed by atoms with van der Waals surface area (Å²) in [6, 6.07) is 8.90. The van der Waals surface area contributed by atoms with Crippen molar-refractivity contribution in [1.82, 2.24) is 19.9 Å². The van der Waals surface area contributed by atoms with Crippen LogP contribution >= 0.6 is 11.3 Å². The first-order chi connectivity index (χ1) is 13.5. The van der Waals surface area contributed by atoms with Crippen LogP contribution in [0.4, 0.5) is 0 Å². The molecule has 0 spiro atoms. The van der Waals surface area contributed by atoms with Gasteiger partial charge in [-0.15, -0.1) is 11.3 Å². The first-order valence-electron chi connectivity index (χ1n) is 8.57. The Morgan fingerprint density at radius 3 is 2.71 bits per heavy atom. The predicted molar refractivity (Wildman–Crippen MR) is 107 cm³/mol. The molecule has 0 aliphatic rings. The summed E-state index contributed by atoms with van der Waals surface area (Å²) >= 11 is 1.23. The largest absolute Gasteiger partial charge is 0.358 e. The van der Waals surface area contributed by atoms with Gasteiger partial charge in [0.15, 0.2) is 0 Å². The standard InChI is InChI=1S/C19H16N4O4S/c1-10-14(11-4-2-3-5-12(11)21-10)15(24)17(25)20-7-8-23-18(26)16-13(6-9-28-16)22-19(23)27/h2-6,9,21H,7-8H2,1H3,(H,20,25)(H,22,27). The number of nitrogens with zero attached hydrogens (tertiary/aromatic N) is 1. The molecule has 3 N–H and O–H groups in total. The van der Waals surface area contributed by atoms with Crippen molar-refractivity contribution in [2.75, 3.05) is 6.54 Å². The number of aryl methyl sites for hydroxylation is 1. The van der Waals surface area contributed by atoms with E-state index in [0.29, 0.717) is 26.9 Å². The maximum Gasteiger partial charge on any atom is 0.328 e. The topological polar surface area (TPSA) is 117 Å². The van der Waals surface area contributed by atoms with Crippen LogP contribution in [0.1, 0.15) is 16.1 Å². The molecule has 28 heavy (non-hydrogen) atoms. The van der Waals surface area contributed by atoms with Crippen molar-refractivity contribution in [3.05, 3.63) is 67.8 Å². The molecule has 0 aliphatic heterocycles. The van der Waals surface area contributed by atoms with Crippen LogP contribution in [0.15, 0.2) is 45.3 Å². The smallest absolute Gasteiger partial charge is 0.328 e. The number of amides is 1. The molecule has 142 valence electrons. The molecule has 0 saturated heterocycles. The van der Waals surface area contributed by atoms with E-state index in [2.05, 4.69) is 15.3 Å². The molecule has 8 nitrogen and oxygen atoms in total. The number of hydrogen-bond acceptors (Lipinski definition) is 5. The average molecular weight is 396 g/mol. The number of ketones is 1. The molecule has 3 heterocycles. The van der Waals surface area contributed by atoms with Gasteiger partial charge in [0.2, 0.25) is 0 Å². The van der Waals surface area contributed by atoms with Gasteiger partial charge in [0, 0.05) is 29.7 Å². The number of thiophene rings is 1. The number of carbonyl (C=O) groups excluding carboxylic acids is 2. The van der Waals surface area contributed by atoms with Gasteiger partial charge in [-0.3, -0.25) is 19.0 Å². The number of aromatic amines is 2. The van der Waals surface area contributed by atoms with Gasteiger partial charge in [0.25, 0.3) is 17.2 Å². The molecule has 0 radical (unpaired) electrons. The molecule has 0 fully saturated rings. The molecule has 0 atom stereocenters. The number of para-hydroxylation sites is 1. The van der Waals surface area contributed by atoms with Crippen LogP contribution in [0.2, 0.25) is 0 Å². The molecule has 9 heteroatoms. The third-order valence-corrected chi connectivity index (χ3v) is 5.44. The highest BCUT2D eigenvalue weighted by Gasteiger charge is 2.22. The van der Waals surface area contributed by atoms with E-state index in [0.717, 1.165) is 10.1 Å². The monoisotopic (exact) mass is 396 g/mol. The van der Waals surface area contributed by atoms with E-state index in [9.17, 15) is 19.2 Å². The Morgan fingerprint density at radius 2 is 1.89 bits per heavy atom. The highest BCUT2D eigenvalue weighted by molar-refractivity contribution is 7.17. The summed E-state index contributed by atoms with van der Waals surface area (Å²) in [5, 5.41) is 4.89. The summed E-state index contributed by atoms with van der Waals surface area (Å²) in [4.78, 5) is 55.1. The lowest BCUT2D eigenvalue weighted by molar-refractivity contribution is -0.117. The van der Waals surface area contributed by atoms with E-state index in [-0.39, 0.29) is 13.1 Å². The van der Waals surface area contributed by atoms with Gasteiger partial charge in [0.05, 0.1) is 11.1 Å². The molecule has 4 rings (SSSR count). The zero-order valence-electron chi connectivity index (χ0n) is 14.9. The van der Waals surface area contributed by atoms with Gasteiger partial charge in [-0.2, -0.15) is 0 Å². The van der Waals surface area contributed by atoms with E-state index < -0.39 is 22.9 Å². The molecule has 0 unspecified atom stereocenters. The predicted octanol–water partition coefficient (Wildman–Crippen LogP) is 1.54. The third-order valence-electron chi connectivity index (χ3n) is 4.54. The van der Waals surface area contributed by atoms with Crippen molar-refractivity contribution in [2.45, 2.75) is 13.5 Å². The summed E-state index contributed by atoms with van der Waals surface area (Å²) in [6.45, 7) is 1.68. The number of Topliss-reactive ketones (excluding diaryl/α,β-unsaturated/α-hetero) is 1. The zero-order chi connectivity index (χ0) is 19.8. The van der Waals surface area contributed by atoms with Crippen LogP contribution < -0.4 is 16.6 Å². The Bertz CT molecular complexity index is 1340. The minimum atomic E-state index is -0.783. The fraction of sp³-hybridized carbons (Fsp3) is 0.158. The first kappa shape index (κ1) is 17.9. The molecule has 0 bridgehead atoms. The zero-order valence-corrected chi connectivity index (χ0v) is 15.7. The lowest BCUT2D eigenvalue weighted by Crippen LogP contribution is -2.40. The van der Waals surface area contributed by atoms with Gasteiger partial charge in [-0.05, 0) is 24.4 Å². The van der Waals surface area contributed by atoms with Gasteiger partial charge in [-0.25, -0.2) is 4.79 Å². The quantitative estimate of drug-likeness (QED) is 0.350. The Hall–Kier alpha value is -3.46. The van der Waals surface area contributed by atoms with E-state index in [4.69, 9.17) is 0 Å². The van der Waals surface area contributed by atoms with Gasteiger partial charge in [0.1, 0.15) is 4.70 Å². The van der Waals surface area contributed by atoms with Crippen molar-refractivity contribution >= 4 is 44.1 Å². The third kappa shape index (κ3) is 2.95. The summed E-state index contributed by atoms with van der Waals surface area (Å²) in [6.07, 6.45) is 0. The van der Waals surface area contributed by atoms with E-state index >= 15 is 0 Å². The first-order valence-corrected chi connectivity index (χ1v) is 9.45. The second kappa shape index (κ2) is 6.93. The van der Waals surface area contributed by atoms with Gasteiger partial charge in [-0.1, -0.05) is 18.2 Å². The Morgan fingerprint density at radius 1 is 1.11 bits per heavy atom. The number of benzene rings is 1. The number of H-pyrrole nitrogens is 2. The van der Waals surface area contributed by atoms with Crippen molar-refractivity contribution in [3.8, 4) is 0 Å². The lowest BCUT2D eigenvalue weighted by atomic mass is 10.1. The van der Waals surface area contributed by atoms with Crippen LogP contribution in [0.3, 0.4) is 0 Å². The minimum Gasteiger partial charge on any atom is -0.358 e. The van der Waals surface area contributed by atoms with Crippen molar-refractivity contribution in [1.29, 1.82) is 0 Å². The number of fused-ring (bicyclic) bond motifs is 2.